The lowest BCUT2D eigenvalue weighted by Gasteiger charge is -2.11. The Hall–Kier alpha value is -2.62. The van der Waals surface area contributed by atoms with Crippen LogP contribution in [0.2, 0.25) is 0 Å². The maximum absolute atomic E-state index is 10.1. The van der Waals surface area contributed by atoms with Gasteiger partial charge in [0.2, 0.25) is 5.75 Å². The highest BCUT2D eigenvalue weighted by Gasteiger charge is 2.15. The van der Waals surface area contributed by atoms with Crippen LogP contribution in [0, 0.1) is 6.92 Å². The van der Waals surface area contributed by atoms with Gasteiger partial charge in [0.25, 0.3) is 0 Å². The van der Waals surface area contributed by atoms with Crippen molar-refractivity contribution in [2.45, 2.75) is 6.92 Å². The predicted molar refractivity (Wildman–Crippen MR) is 83.2 cm³/mol. The molecule has 0 amide bonds. The third kappa shape index (κ3) is 2.09. The fourth-order valence-electron chi connectivity index (χ4n) is 2.66. The van der Waals surface area contributed by atoms with Crippen LogP contribution in [0.3, 0.4) is 0 Å². The summed E-state index contributed by atoms with van der Waals surface area (Å²) in [6.45, 7) is 2.06. The monoisotopic (exact) mass is 283 g/mol. The first kappa shape index (κ1) is 13.4. The Kier molecular flexibility index (Phi) is 3.22. The molecule has 3 aromatic rings. The van der Waals surface area contributed by atoms with Gasteiger partial charge in [0.05, 0.1) is 14.2 Å². The van der Waals surface area contributed by atoms with E-state index in [0.717, 1.165) is 22.3 Å². The van der Waals surface area contributed by atoms with Crippen LogP contribution in [-0.2, 0) is 0 Å². The number of rotatable bonds is 3. The van der Waals surface area contributed by atoms with Crippen molar-refractivity contribution in [2.75, 3.05) is 14.2 Å². The van der Waals surface area contributed by atoms with Crippen LogP contribution in [0.4, 0.5) is 0 Å². The molecule has 3 rings (SSSR count). The van der Waals surface area contributed by atoms with E-state index in [0.29, 0.717) is 11.5 Å². The van der Waals surface area contributed by atoms with E-state index in [-0.39, 0.29) is 5.75 Å². The summed E-state index contributed by atoms with van der Waals surface area (Å²) in [5, 5.41) is 11.3. The van der Waals surface area contributed by atoms with E-state index >= 15 is 0 Å². The van der Waals surface area contributed by atoms with Gasteiger partial charge >= 0.3 is 0 Å². The van der Waals surface area contributed by atoms with E-state index in [1.807, 2.05) is 24.3 Å². The SMILES string of the molecule is COc1cc(-c2[nH]c3ccccc3c2C)cc(O)c1OC. The first-order chi connectivity index (χ1) is 10.2. The minimum Gasteiger partial charge on any atom is -0.504 e. The molecule has 0 fully saturated rings. The largest absolute Gasteiger partial charge is 0.504 e. The van der Waals surface area contributed by atoms with Gasteiger partial charge in [-0.25, -0.2) is 0 Å². The lowest BCUT2D eigenvalue weighted by molar-refractivity contribution is 0.333. The molecule has 108 valence electrons. The van der Waals surface area contributed by atoms with Crippen molar-refractivity contribution < 1.29 is 14.6 Å². The molecule has 0 bridgehead atoms. The zero-order valence-electron chi connectivity index (χ0n) is 12.2. The second-order valence-corrected chi connectivity index (χ2v) is 4.90. The zero-order chi connectivity index (χ0) is 15.0. The summed E-state index contributed by atoms with van der Waals surface area (Å²) in [7, 11) is 3.06. The average Bonchev–Trinajstić information content (AvgIpc) is 2.84. The predicted octanol–water partition coefficient (Wildman–Crippen LogP) is 3.87. The number of aromatic nitrogens is 1. The highest BCUT2D eigenvalue weighted by atomic mass is 16.5. The molecule has 0 unspecified atom stereocenters. The Bertz CT molecular complexity index is 805. The molecule has 21 heavy (non-hydrogen) atoms. The molecule has 0 saturated carbocycles. The number of hydrogen-bond acceptors (Lipinski definition) is 3. The maximum atomic E-state index is 10.1. The topological polar surface area (TPSA) is 54.5 Å². The van der Waals surface area contributed by atoms with Crippen LogP contribution in [-0.4, -0.2) is 24.3 Å². The number of aryl methyl sites for hydroxylation is 1. The Labute approximate surface area is 122 Å². The summed E-state index contributed by atoms with van der Waals surface area (Å²) in [5.41, 5.74) is 4.03. The lowest BCUT2D eigenvalue weighted by Crippen LogP contribution is -1.92. The van der Waals surface area contributed by atoms with Crippen LogP contribution in [0.5, 0.6) is 17.2 Å². The van der Waals surface area contributed by atoms with Crippen LogP contribution < -0.4 is 9.47 Å². The number of nitrogens with one attached hydrogen (secondary N) is 1. The number of H-pyrrole nitrogens is 1. The van der Waals surface area contributed by atoms with E-state index < -0.39 is 0 Å². The summed E-state index contributed by atoms with van der Waals surface area (Å²) >= 11 is 0. The van der Waals surface area contributed by atoms with Gasteiger partial charge in [-0.2, -0.15) is 0 Å². The van der Waals surface area contributed by atoms with Gasteiger partial charge < -0.3 is 19.6 Å². The van der Waals surface area contributed by atoms with E-state index in [9.17, 15) is 5.11 Å². The van der Waals surface area contributed by atoms with E-state index in [1.165, 1.54) is 12.5 Å². The van der Waals surface area contributed by atoms with Crippen molar-refractivity contribution in [1.29, 1.82) is 0 Å². The number of aromatic amines is 1. The number of benzene rings is 2. The summed E-state index contributed by atoms with van der Waals surface area (Å²) in [5.74, 6) is 0.908. The number of ether oxygens (including phenoxy) is 2. The maximum Gasteiger partial charge on any atom is 0.203 e. The van der Waals surface area contributed by atoms with Gasteiger partial charge in [0.15, 0.2) is 11.5 Å². The Morgan fingerprint density at radius 3 is 2.48 bits per heavy atom. The summed E-state index contributed by atoms with van der Waals surface area (Å²) in [6, 6.07) is 11.7. The molecule has 2 aromatic carbocycles. The molecule has 4 nitrogen and oxygen atoms in total. The quantitative estimate of drug-likeness (QED) is 0.767. The second kappa shape index (κ2) is 5.05. The molecule has 0 spiro atoms. The molecule has 0 aliphatic rings. The van der Waals surface area contributed by atoms with Gasteiger partial charge in [0, 0.05) is 22.2 Å². The number of para-hydroxylation sites is 1. The molecule has 1 aromatic heterocycles. The zero-order valence-corrected chi connectivity index (χ0v) is 12.2. The minimum absolute atomic E-state index is 0.0601. The Morgan fingerprint density at radius 2 is 1.81 bits per heavy atom. The van der Waals surface area contributed by atoms with Gasteiger partial charge in [0.1, 0.15) is 0 Å². The molecular weight excluding hydrogens is 266 g/mol. The van der Waals surface area contributed by atoms with Crippen molar-refractivity contribution in [2.24, 2.45) is 0 Å². The molecule has 1 heterocycles. The van der Waals surface area contributed by atoms with Crippen molar-refractivity contribution in [3.8, 4) is 28.5 Å². The van der Waals surface area contributed by atoms with Gasteiger partial charge in [-0.15, -0.1) is 0 Å². The fourth-order valence-corrected chi connectivity index (χ4v) is 2.66. The highest BCUT2D eigenvalue weighted by Crippen LogP contribution is 2.41. The molecule has 0 atom stereocenters. The van der Waals surface area contributed by atoms with Gasteiger partial charge in [-0.1, -0.05) is 18.2 Å². The van der Waals surface area contributed by atoms with Crippen molar-refractivity contribution in [3.05, 3.63) is 42.0 Å². The number of hydrogen-bond donors (Lipinski definition) is 2. The number of phenols is 1. The number of aromatic hydroxyl groups is 1. The van der Waals surface area contributed by atoms with Crippen LogP contribution in [0.25, 0.3) is 22.2 Å². The molecule has 0 aliphatic heterocycles. The first-order valence-electron chi connectivity index (χ1n) is 6.68. The van der Waals surface area contributed by atoms with Crippen molar-refractivity contribution >= 4 is 10.9 Å². The Balaban J connectivity index is 2.23. The molecule has 0 saturated heterocycles. The summed E-state index contributed by atoms with van der Waals surface area (Å²) < 4.78 is 10.5. The highest BCUT2D eigenvalue weighted by molar-refractivity contribution is 5.91. The number of methoxy groups -OCH3 is 2. The van der Waals surface area contributed by atoms with Crippen molar-refractivity contribution in [3.63, 3.8) is 0 Å². The first-order valence-corrected chi connectivity index (χ1v) is 6.68. The number of fused-ring (bicyclic) bond motifs is 1. The summed E-state index contributed by atoms with van der Waals surface area (Å²) in [6.07, 6.45) is 0. The summed E-state index contributed by atoms with van der Waals surface area (Å²) in [4.78, 5) is 3.39. The lowest BCUT2D eigenvalue weighted by atomic mass is 10.1. The second-order valence-electron chi connectivity index (χ2n) is 4.90. The smallest absolute Gasteiger partial charge is 0.203 e. The van der Waals surface area contributed by atoms with Crippen LogP contribution in [0.1, 0.15) is 5.56 Å². The normalized spacial score (nSPS) is 10.8. The third-order valence-corrected chi connectivity index (χ3v) is 3.71. The van der Waals surface area contributed by atoms with E-state index in [2.05, 4.69) is 18.0 Å². The van der Waals surface area contributed by atoms with Gasteiger partial charge in [-0.3, -0.25) is 0 Å². The molecule has 0 radical (unpaired) electrons. The van der Waals surface area contributed by atoms with Crippen LogP contribution in [0.15, 0.2) is 36.4 Å². The molecular formula is C17H17NO3. The van der Waals surface area contributed by atoms with Crippen LogP contribution >= 0.6 is 0 Å². The van der Waals surface area contributed by atoms with E-state index in [4.69, 9.17) is 9.47 Å². The Morgan fingerprint density at radius 1 is 1.05 bits per heavy atom. The number of phenolic OH excluding ortho intramolecular Hbond substituents is 1. The third-order valence-electron chi connectivity index (χ3n) is 3.71. The van der Waals surface area contributed by atoms with Gasteiger partial charge in [-0.05, 0) is 30.7 Å². The molecule has 2 N–H and O–H groups in total. The minimum atomic E-state index is 0.0601. The van der Waals surface area contributed by atoms with Crippen molar-refractivity contribution in [1.82, 2.24) is 4.98 Å². The average molecular weight is 283 g/mol. The molecule has 0 aliphatic carbocycles. The van der Waals surface area contributed by atoms with E-state index in [1.54, 1.807) is 13.2 Å². The standard InChI is InChI=1S/C17H17NO3/c1-10-12-6-4-5-7-13(12)18-16(10)11-8-14(19)17(21-3)15(9-11)20-2/h4-9,18-19H,1-3H3. The molecule has 4 heteroatoms. The fraction of sp³-hybridized carbons (Fsp3) is 0.176.